The molecule has 2 aliphatic heterocycles. The number of aldehydes is 1. The minimum atomic E-state index is -0.595. The summed E-state index contributed by atoms with van der Waals surface area (Å²) in [5.41, 5.74) is -0.0744. The van der Waals surface area contributed by atoms with Crippen molar-refractivity contribution in [3.05, 3.63) is 17.4 Å². The molecule has 0 aliphatic carbocycles. The highest BCUT2D eigenvalue weighted by Gasteiger charge is 2.32. The van der Waals surface area contributed by atoms with Crippen LogP contribution in [0.15, 0.2) is 10.6 Å². The molecular formula is C23H31FN4O5. The van der Waals surface area contributed by atoms with Gasteiger partial charge in [-0.3, -0.25) is 4.79 Å². The van der Waals surface area contributed by atoms with E-state index in [2.05, 4.69) is 5.16 Å². The number of aromatic nitrogens is 1. The van der Waals surface area contributed by atoms with Gasteiger partial charge in [0.05, 0.1) is 23.3 Å². The number of ether oxygens (including phenoxy) is 2. The van der Waals surface area contributed by atoms with Crippen molar-refractivity contribution in [3.63, 3.8) is 0 Å². The minimum Gasteiger partial charge on any atom is -0.444 e. The van der Waals surface area contributed by atoms with Crippen molar-refractivity contribution in [1.29, 1.82) is 0 Å². The van der Waals surface area contributed by atoms with Gasteiger partial charge in [-0.2, -0.15) is 0 Å². The lowest BCUT2D eigenvalue weighted by Crippen LogP contribution is -2.50. The van der Waals surface area contributed by atoms with Crippen LogP contribution in [0.25, 0.3) is 11.0 Å². The Bertz CT molecular complexity index is 1030. The van der Waals surface area contributed by atoms with Gasteiger partial charge in [-0.1, -0.05) is 5.16 Å². The van der Waals surface area contributed by atoms with Gasteiger partial charge in [0.2, 0.25) is 5.58 Å². The van der Waals surface area contributed by atoms with E-state index in [1.165, 1.54) is 0 Å². The van der Waals surface area contributed by atoms with Gasteiger partial charge in [-0.25, -0.2) is 9.18 Å². The van der Waals surface area contributed by atoms with Gasteiger partial charge < -0.3 is 28.7 Å². The van der Waals surface area contributed by atoms with Gasteiger partial charge in [-0.05, 0) is 40.7 Å². The highest BCUT2D eigenvalue weighted by atomic mass is 19.1. The second-order valence-electron chi connectivity index (χ2n) is 9.75. The Morgan fingerprint density at radius 2 is 1.79 bits per heavy atom. The molecule has 4 rings (SSSR count). The van der Waals surface area contributed by atoms with Gasteiger partial charge in [0.15, 0.2) is 17.9 Å². The number of piperazine rings is 1. The summed E-state index contributed by atoms with van der Waals surface area (Å²) in [4.78, 5) is 29.7. The number of carbonyl (C=O) groups is 2. The molecule has 180 valence electrons. The van der Waals surface area contributed by atoms with Crippen molar-refractivity contribution in [2.24, 2.45) is 0 Å². The Labute approximate surface area is 192 Å². The molecule has 0 radical (unpaired) electrons. The van der Waals surface area contributed by atoms with E-state index in [0.29, 0.717) is 56.8 Å². The van der Waals surface area contributed by atoms with Crippen molar-refractivity contribution < 1.29 is 28.0 Å². The van der Waals surface area contributed by atoms with Crippen molar-refractivity contribution >= 4 is 34.9 Å². The summed E-state index contributed by atoms with van der Waals surface area (Å²) in [7, 11) is 0. The molecule has 2 saturated heterocycles. The molecule has 0 N–H and O–H groups in total. The fraction of sp³-hybridized carbons (Fsp3) is 0.609. The third-order valence-electron chi connectivity index (χ3n) is 5.78. The Balaban J connectivity index is 1.58. The normalized spacial score (nSPS) is 22.1. The molecule has 1 aromatic carbocycles. The quantitative estimate of drug-likeness (QED) is 0.641. The Kier molecular flexibility index (Phi) is 6.22. The maximum Gasteiger partial charge on any atom is 0.410 e. The molecule has 2 fully saturated rings. The number of morpholine rings is 1. The van der Waals surface area contributed by atoms with E-state index in [0.717, 1.165) is 0 Å². The van der Waals surface area contributed by atoms with Gasteiger partial charge in [0, 0.05) is 44.8 Å². The first-order valence-corrected chi connectivity index (χ1v) is 11.3. The van der Waals surface area contributed by atoms with Crippen LogP contribution >= 0.6 is 0 Å². The number of anilines is 2. The number of amides is 1. The SMILES string of the molecule is C[C@@H]1CN(c2c(C=O)cc3c(N4CCN(C(=O)OC(C)(C)C)CC4)noc3c2F)C[C@H](C)O1. The molecule has 1 amide bonds. The summed E-state index contributed by atoms with van der Waals surface area (Å²) in [6.45, 7) is 12.1. The number of benzene rings is 1. The number of nitrogens with zero attached hydrogens (tertiary/aromatic N) is 4. The third-order valence-corrected chi connectivity index (χ3v) is 5.78. The highest BCUT2D eigenvalue weighted by molar-refractivity contribution is 5.99. The average Bonchev–Trinajstić information content (AvgIpc) is 3.16. The molecule has 10 heteroatoms. The predicted molar refractivity (Wildman–Crippen MR) is 122 cm³/mol. The van der Waals surface area contributed by atoms with E-state index in [1.807, 2.05) is 44.4 Å². The summed E-state index contributed by atoms with van der Waals surface area (Å²) in [6.07, 6.45) is 0.129. The molecule has 0 spiro atoms. The summed E-state index contributed by atoms with van der Waals surface area (Å²) in [5.74, 6) is -0.131. The Morgan fingerprint density at radius 3 is 2.36 bits per heavy atom. The van der Waals surface area contributed by atoms with Gasteiger partial charge in [-0.15, -0.1) is 0 Å². The van der Waals surface area contributed by atoms with Crippen LogP contribution in [0.1, 0.15) is 45.0 Å². The van der Waals surface area contributed by atoms with Gasteiger partial charge >= 0.3 is 6.09 Å². The first-order chi connectivity index (χ1) is 15.6. The van der Waals surface area contributed by atoms with Crippen molar-refractivity contribution in [3.8, 4) is 0 Å². The second kappa shape index (κ2) is 8.81. The third kappa shape index (κ3) is 4.75. The molecule has 2 atom stereocenters. The first-order valence-electron chi connectivity index (χ1n) is 11.3. The minimum absolute atomic E-state index is 0.0203. The fourth-order valence-corrected chi connectivity index (χ4v) is 4.46. The molecule has 33 heavy (non-hydrogen) atoms. The monoisotopic (exact) mass is 462 g/mol. The van der Waals surface area contributed by atoms with Crippen molar-refractivity contribution in [1.82, 2.24) is 10.1 Å². The molecule has 2 aliphatic rings. The Hall–Kier alpha value is -2.88. The second-order valence-corrected chi connectivity index (χ2v) is 9.75. The number of fused-ring (bicyclic) bond motifs is 1. The van der Waals surface area contributed by atoms with Crippen LogP contribution in [0.5, 0.6) is 0 Å². The van der Waals surface area contributed by atoms with E-state index in [1.54, 1.807) is 11.0 Å². The van der Waals surface area contributed by atoms with Crippen LogP contribution in [-0.2, 0) is 9.47 Å². The molecule has 0 bridgehead atoms. The summed E-state index contributed by atoms with van der Waals surface area (Å²) >= 11 is 0. The van der Waals surface area contributed by atoms with Crippen LogP contribution < -0.4 is 9.80 Å². The van der Waals surface area contributed by atoms with Gasteiger partial charge in [0.25, 0.3) is 0 Å². The zero-order chi connectivity index (χ0) is 23.9. The summed E-state index contributed by atoms with van der Waals surface area (Å²) in [6, 6.07) is 1.64. The number of carbonyl (C=O) groups excluding carboxylic acids is 2. The van der Waals surface area contributed by atoms with E-state index in [4.69, 9.17) is 14.0 Å². The summed E-state index contributed by atoms with van der Waals surface area (Å²) < 4.78 is 32.2. The average molecular weight is 463 g/mol. The van der Waals surface area contributed by atoms with Crippen LogP contribution in [0.3, 0.4) is 0 Å². The van der Waals surface area contributed by atoms with E-state index in [-0.39, 0.29) is 35.1 Å². The summed E-state index contributed by atoms with van der Waals surface area (Å²) in [5, 5.41) is 4.56. The van der Waals surface area contributed by atoms with Gasteiger partial charge in [0.1, 0.15) is 5.60 Å². The lowest BCUT2D eigenvalue weighted by molar-refractivity contribution is -0.00544. The maximum atomic E-state index is 15.6. The molecular weight excluding hydrogens is 431 g/mol. The maximum absolute atomic E-state index is 15.6. The van der Waals surface area contributed by atoms with Crippen molar-refractivity contribution in [2.75, 3.05) is 49.1 Å². The van der Waals surface area contributed by atoms with E-state index < -0.39 is 11.4 Å². The molecule has 9 nitrogen and oxygen atoms in total. The topological polar surface area (TPSA) is 88.4 Å². The largest absolute Gasteiger partial charge is 0.444 e. The van der Waals surface area contributed by atoms with Crippen molar-refractivity contribution in [2.45, 2.75) is 52.4 Å². The van der Waals surface area contributed by atoms with Crippen LogP contribution in [0.4, 0.5) is 20.7 Å². The molecule has 1 aromatic heterocycles. The lowest BCUT2D eigenvalue weighted by Gasteiger charge is -2.37. The van der Waals surface area contributed by atoms with Crippen LogP contribution in [0.2, 0.25) is 0 Å². The number of rotatable bonds is 3. The lowest BCUT2D eigenvalue weighted by atomic mass is 10.1. The van der Waals surface area contributed by atoms with E-state index >= 15 is 4.39 Å². The predicted octanol–water partition coefficient (Wildman–Crippen LogP) is 3.45. The molecule has 0 saturated carbocycles. The zero-order valence-electron chi connectivity index (χ0n) is 19.8. The first kappa shape index (κ1) is 23.3. The van der Waals surface area contributed by atoms with Crippen LogP contribution in [0, 0.1) is 5.82 Å². The van der Waals surface area contributed by atoms with Crippen LogP contribution in [-0.4, -0.2) is 79.5 Å². The zero-order valence-corrected chi connectivity index (χ0v) is 19.8. The Morgan fingerprint density at radius 1 is 1.15 bits per heavy atom. The van der Waals surface area contributed by atoms with E-state index in [9.17, 15) is 9.59 Å². The number of hydrogen-bond donors (Lipinski definition) is 0. The fourth-order valence-electron chi connectivity index (χ4n) is 4.46. The smallest absolute Gasteiger partial charge is 0.410 e. The molecule has 2 aromatic rings. The molecule has 0 unspecified atom stereocenters. The highest BCUT2D eigenvalue weighted by Crippen LogP contribution is 2.37. The molecule has 3 heterocycles. The number of hydrogen-bond acceptors (Lipinski definition) is 8. The standard InChI is InChI=1S/C23H31FN4O5/c1-14-11-28(12-15(2)31-14)19-16(13-29)10-17-20(18(19)24)33-25-21(17)26-6-8-27(9-7-26)22(30)32-23(3,4)5/h10,13-15H,6-9,11-12H2,1-5H3/t14-,15+. The number of halogens is 1.